The van der Waals surface area contributed by atoms with Crippen molar-refractivity contribution in [1.29, 1.82) is 0 Å². The molecule has 1 saturated carbocycles. The topological polar surface area (TPSA) is 55.6 Å². The number of amides is 1. The summed E-state index contributed by atoms with van der Waals surface area (Å²) in [4.78, 5) is 14.5. The average Bonchev–Trinajstić information content (AvgIpc) is 2.35. The second-order valence-electron chi connectivity index (χ2n) is 6.64. The molecule has 1 aliphatic heterocycles. The molecule has 2 fully saturated rings. The summed E-state index contributed by atoms with van der Waals surface area (Å²) in [7, 11) is 0. The van der Waals surface area contributed by atoms with Crippen LogP contribution in [0.2, 0.25) is 0 Å². The highest BCUT2D eigenvalue weighted by Crippen LogP contribution is 2.30. The fraction of sp³-hybridized carbons (Fsp3) is 0.929. The van der Waals surface area contributed by atoms with Crippen LogP contribution in [-0.4, -0.2) is 42.1 Å². The van der Waals surface area contributed by atoms with Gasteiger partial charge in [-0.2, -0.15) is 0 Å². The average molecular weight is 254 g/mol. The van der Waals surface area contributed by atoms with E-state index in [4.69, 9.17) is 10.5 Å². The highest BCUT2D eigenvalue weighted by atomic mass is 16.5. The van der Waals surface area contributed by atoms with E-state index >= 15 is 0 Å². The Morgan fingerprint density at radius 2 is 2.00 bits per heavy atom. The Balaban J connectivity index is 2.09. The van der Waals surface area contributed by atoms with Gasteiger partial charge < -0.3 is 15.4 Å². The monoisotopic (exact) mass is 254 g/mol. The molecule has 2 N–H and O–H groups in total. The Kier molecular flexibility index (Phi) is 3.97. The molecule has 18 heavy (non-hydrogen) atoms. The molecule has 0 aromatic heterocycles. The van der Waals surface area contributed by atoms with Gasteiger partial charge in [0.15, 0.2) is 0 Å². The minimum Gasteiger partial charge on any atom is -0.374 e. The van der Waals surface area contributed by atoms with E-state index in [-0.39, 0.29) is 23.5 Å². The number of nitrogens with zero attached hydrogens (tertiary/aromatic N) is 1. The van der Waals surface area contributed by atoms with E-state index < -0.39 is 6.04 Å². The number of nitrogens with two attached hydrogens (primary N) is 1. The highest BCUT2D eigenvalue weighted by molar-refractivity contribution is 5.83. The smallest absolute Gasteiger partial charge is 0.240 e. The zero-order valence-corrected chi connectivity index (χ0v) is 11.8. The Morgan fingerprint density at radius 3 is 2.67 bits per heavy atom. The molecule has 2 rings (SSSR count). The largest absolute Gasteiger partial charge is 0.374 e. The molecule has 104 valence electrons. The molecule has 1 heterocycles. The SMILES string of the molecule is CC(C)(C)[C@H](N)C(=O)N1CCO[C@@H]2CCCC[C@H]21. The third-order valence-electron chi connectivity index (χ3n) is 4.21. The first-order chi connectivity index (χ1) is 8.41. The van der Waals surface area contributed by atoms with Gasteiger partial charge in [-0.15, -0.1) is 0 Å². The minimum atomic E-state index is -0.418. The van der Waals surface area contributed by atoms with Gasteiger partial charge in [0.1, 0.15) is 0 Å². The first-order valence-corrected chi connectivity index (χ1v) is 7.09. The molecular formula is C14H26N2O2. The summed E-state index contributed by atoms with van der Waals surface area (Å²) in [5.74, 6) is 0.0997. The van der Waals surface area contributed by atoms with Gasteiger partial charge in [0.05, 0.1) is 24.8 Å². The zero-order valence-electron chi connectivity index (χ0n) is 11.8. The van der Waals surface area contributed by atoms with Gasteiger partial charge in [-0.05, 0) is 18.3 Å². The molecule has 3 atom stereocenters. The molecule has 2 aliphatic rings. The molecule has 1 aliphatic carbocycles. The summed E-state index contributed by atoms with van der Waals surface area (Å²) in [6.07, 6.45) is 4.80. The molecule has 0 aromatic rings. The lowest BCUT2D eigenvalue weighted by Crippen LogP contribution is -2.60. The second kappa shape index (κ2) is 5.17. The van der Waals surface area contributed by atoms with E-state index in [0.29, 0.717) is 13.2 Å². The molecule has 0 radical (unpaired) electrons. The van der Waals surface area contributed by atoms with Crippen LogP contribution in [0, 0.1) is 5.41 Å². The number of carbonyl (C=O) groups excluding carboxylic acids is 1. The van der Waals surface area contributed by atoms with Crippen LogP contribution in [0.15, 0.2) is 0 Å². The van der Waals surface area contributed by atoms with Crippen LogP contribution in [0.1, 0.15) is 46.5 Å². The van der Waals surface area contributed by atoms with Crippen molar-refractivity contribution < 1.29 is 9.53 Å². The van der Waals surface area contributed by atoms with Crippen molar-refractivity contribution in [1.82, 2.24) is 4.90 Å². The van der Waals surface area contributed by atoms with Crippen molar-refractivity contribution in [2.45, 2.75) is 64.6 Å². The Labute approximate surface area is 110 Å². The fourth-order valence-corrected chi connectivity index (χ4v) is 2.92. The van der Waals surface area contributed by atoms with Crippen molar-refractivity contribution in [3.05, 3.63) is 0 Å². The van der Waals surface area contributed by atoms with Gasteiger partial charge in [-0.1, -0.05) is 33.6 Å². The standard InChI is InChI=1S/C14H26N2O2/c1-14(2,3)12(15)13(17)16-8-9-18-11-7-5-4-6-10(11)16/h10-12H,4-9,15H2,1-3H3/t10-,11-,12-/m1/s1. The third-order valence-corrected chi connectivity index (χ3v) is 4.21. The van der Waals surface area contributed by atoms with Gasteiger partial charge >= 0.3 is 0 Å². The minimum absolute atomic E-state index is 0.0997. The predicted octanol–water partition coefficient (Wildman–Crippen LogP) is 1.53. The maximum atomic E-state index is 12.5. The number of ether oxygens (including phenoxy) is 1. The van der Waals surface area contributed by atoms with Crippen molar-refractivity contribution >= 4 is 5.91 Å². The molecular weight excluding hydrogens is 228 g/mol. The quantitative estimate of drug-likeness (QED) is 0.772. The highest BCUT2D eigenvalue weighted by Gasteiger charge is 2.40. The van der Waals surface area contributed by atoms with E-state index in [9.17, 15) is 4.79 Å². The maximum Gasteiger partial charge on any atom is 0.240 e. The van der Waals surface area contributed by atoms with Gasteiger partial charge in [0.25, 0.3) is 0 Å². The first kappa shape index (κ1) is 13.8. The van der Waals surface area contributed by atoms with Crippen molar-refractivity contribution in [2.24, 2.45) is 11.1 Å². The van der Waals surface area contributed by atoms with Crippen LogP contribution in [0.4, 0.5) is 0 Å². The molecule has 0 bridgehead atoms. The lowest BCUT2D eigenvalue weighted by Gasteiger charge is -2.45. The van der Waals surface area contributed by atoms with E-state index in [0.717, 1.165) is 12.8 Å². The Bertz CT molecular complexity index is 309. The van der Waals surface area contributed by atoms with Crippen LogP contribution < -0.4 is 5.73 Å². The number of rotatable bonds is 1. The summed E-state index contributed by atoms with van der Waals surface area (Å²) in [6.45, 7) is 7.42. The summed E-state index contributed by atoms with van der Waals surface area (Å²) in [6, 6.07) is -0.161. The van der Waals surface area contributed by atoms with E-state index in [2.05, 4.69) is 0 Å². The van der Waals surface area contributed by atoms with Crippen molar-refractivity contribution in [3.8, 4) is 0 Å². The van der Waals surface area contributed by atoms with Gasteiger partial charge in [-0.3, -0.25) is 4.79 Å². The molecule has 0 aromatic carbocycles. The molecule has 4 heteroatoms. The molecule has 0 unspecified atom stereocenters. The lowest BCUT2D eigenvalue weighted by molar-refractivity contribution is -0.153. The third kappa shape index (κ3) is 2.69. The van der Waals surface area contributed by atoms with Gasteiger partial charge in [0, 0.05) is 6.54 Å². The lowest BCUT2D eigenvalue weighted by atomic mass is 9.84. The van der Waals surface area contributed by atoms with Crippen LogP contribution >= 0.6 is 0 Å². The van der Waals surface area contributed by atoms with Crippen molar-refractivity contribution in [3.63, 3.8) is 0 Å². The Morgan fingerprint density at radius 1 is 1.33 bits per heavy atom. The Hall–Kier alpha value is -0.610. The van der Waals surface area contributed by atoms with Gasteiger partial charge in [0.2, 0.25) is 5.91 Å². The van der Waals surface area contributed by atoms with E-state index in [1.807, 2.05) is 25.7 Å². The maximum absolute atomic E-state index is 12.5. The summed E-state index contributed by atoms with van der Waals surface area (Å²) >= 11 is 0. The van der Waals surface area contributed by atoms with E-state index in [1.54, 1.807) is 0 Å². The number of carbonyl (C=O) groups is 1. The molecule has 0 spiro atoms. The zero-order chi connectivity index (χ0) is 13.3. The van der Waals surface area contributed by atoms with Crippen LogP contribution in [0.25, 0.3) is 0 Å². The van der Waals surface area contributed by atoms with Crippen LogP contribution in [0.5, 0.6) is 0 Å². The van der Waals surface area contributed by atoms with Crippen LogP contribution in [-0.2, 0) is 9.53 Å². The van der Waals surface area contributed by atoms with Gasteiger partial charge in [-0.25, -0.2) is 0 Å². The predicted molar refractivity (Wildman–Crippen MR) is 71.1 cm³/mol. The van der Waals surface area contributed by atoms with Crippen LogP contribution in [0.3, 0.4) is 0 Å². The molecule has 1 amide bonds. The van der Waals surface area contributed by atoms with E-state index in [1.165, 1.54) is 12.8 Å². The number of morpholine rings is 1. The fourth-order valence-electron chi connectivity index (χ4n) is 2.92. The summed E-state index contributed by atoms with van der Waals surface area (Å²) in [5, 5.41) is 0. The summed E-state index contributed by atoms with van der Waals surface area (Å²) in [5.41, 5.74) is 5.93. The molecule has 1 saturated heterocycles. The summed E-state index contributed by atoms with van der Waals surface area (Å²) < 4.78 is 5.79. The normalized spacial score (nSPS) is 30.8. The number of fused-ring (bicyclic) bond motifs is 1. The molecule has 4 nitrogen and oxygen atoms in total. The second-order valence-corrected chi connectivity index (χ2v) is 6.64. The van der Waals surface area contributed by atoms with Crippen molar-refractivity contribution in [2.75, 3.05) is 13.2 Å². The number of hydrogen-bond acceptors (Lipinski definition) is 3. The number of hydrogen-bond donors (Lipinski definition) is 1. The first-order valence-electron chi connectivity index (χ1n) is 7.09.